The molecule has 2 aromatic rings. The lowest BCUT2D eigenvalue weighted by molar-refractivity contribution is 0.0943. The Morgan fingerprint density at radius 1 is 1.16 bits per heavy atom. The van der Waals surface area contributed by atoms with E-state index in [9.17, 15) is 23.2 Å². The number of cyclic esters (lactones) is 1. The maximum Gasteiger partial charge on any atom is 0.409 e. The fourth-order valence-corrected chi connectivity index (χ4v) is 3.00. The average Bonchev–Trinajstić information content (AvgIpc) is 3.14. The van der Waals surface area contributed by atoms with Crippen LogP contribution in [-0.4, -0.2) is 56.2 Å². The van der Waals surface area contributed by atoms with Crippen LogP contribution < -0.4 is 15.4 Å². The topological polar surface area (TPSA) is 97.0 Å². The first-order valence-corrected chi connectivity index (χ1v) is 9.45. The Labute approximate surface area is 177 Å². The third kappa shape index (κ3) is 5.08. The number of nitrogens with zero attached hydrogens (tertiary/aromatic N) is 1. The summed E-state index contributed by atoms with van der Waals surface area (Å²) in [5.74, 6) is -3.08. The van der Waals surface area contributed by atoms with Gasteiger partial charge in [-0.15, -0.1) is 0 Å². The number of anilines is 1. The number of carbonyl (C=O) groups excluding carboxylic acids is 3. The van der Waals surface area contributed by atoms with Crippen molar-refractivity contribution >= 4 is 23.6 Å². The van der Waals surface area contributed by atoms with Gasteiger partial charge in [0, 0.05) is 24.7 Å². The van der Waals surface area contributed by atoms with Gasteiger partial charge in [0.05, 0.1) is 24.9 Å². The number of nitrogens with one attached hydrogen (secondary N) is 2. The highest BCUT2D eigenvalue weighted by atomic mass is 19.1. The van der Waals surface area contributed by atoms with E-state index in [1.165, 1.54) is 24.1 Å². The summed E-state index contributed by atoms with van der Waals surface area (Å²) >= 11 is 0. The molecule has 1 aliphatic rings. The molecule has 0 unspecified atom stereocenters. The van der Waals surface area contributed by atoms with Crippen LogP contribution in [0.2, 0.25) is 0 Å². The highest BCUT2D eigenvalue weighted by Crippen LogP contribution is 2.23. The van der Waals surface area contributed by atoms with Crippen molar-refractivity contribution < 1.29 is 32.6 Å². The van der Waals surface area contributed by atoms with Gasteiger partial charge < -0.3 is 25.0 Å². The second-order valence-electron chi connectivity index (χ2n) is 6.81. The Kier molecular flexibility index (Phi) is 6.68. The molecule has 164 valence electrons. The molecule has 0 aliphatic carbocycles. The molecule has 0 aromatic heterocycles. The van der Waals surface area contributed by atoms with Crippen molar-refractivity contribution in [2.24, 2.45) is 0 Å². The second-order valence-corrected chi connectivity index (χ2v) is 6.81. The first-order chi connectivity index (χ1) is 14.8. The number of aryl methyl sites for hydroxylation is 1. The lowest BCUT2D eigenvalue weighted by Crippen LogP contribution is -2.35. The number of methoxy groups -OCH3 is 1. The van der Waals surface area contributed by atoms with Gasteiger partial charge in [-0.05, 0) is 30.7 Å². The molecule has 3 rings (SSSR count). The molecule has 0 bridgehead atoms. The van der Waals surface area contributed by atoms with Crippen molar-refractivity contribution in [2.45, 2.75) is 6.92 Å². The molecule has 1 aliphatic heterocycles. The molecule has 3 amide bonds. The maximum absolute atomic E-state index is 14.2. The zero-order chi connectivity index (χ0) is 22.5. The molecule has 1 fully saturated rings. The minimum Gasteiger partial charge on any atom is -0.496 e. The number of rotatable bonds is 7. The van der Waals surface area contributed by atoms with E-state index < -0.39 is 35.1 Å². The Hall–Kier alpha value is -3.69. The third-order valence-electron chi connectivity index (χ3n) is 4.73. The number of hydrogen-bond acceptors (Lipinski definition) is 5. The summed E-state index contributed by atoms with van der Waals surface area (Å²) in [4.78, 5) is 37.6. The fraction of sp³-hybridized carbons (Fsp3) is 0.286. The largest absolute Gasteiger partial charge is 0.496 e. The van der Waals surface area contributed by atoms with E-state index in [1.54, 1.807) is 13.0 Å². The molecule has 0 spiro atoms. The SMILES string of the molecule is COc1cc(C(=O)Nc2cc(C(=O)NCCN3CCOC3=O)c(F)cc2F)ccc1C. The van der Waals surface area contributed by atoms with E-state index in [1.807, 2.05) is 0 Å². The summed E-state index contributed by atoms with van der Waals surface area (Å²) in [6.45, 7) is 2.72. The lowest BCUT2D eigenvalue weighted by atomic mass is 10.1. The van der Waals surface area contributed by atoms with Crippen molar-refractivity contribution in [3.8, 4) is 5.75 Å². The minimum atomic E-state index is -1.08. The lowest BCUT2D eigenvalue weighted by Gasteiger charge is -2.14. The molecule has 0 atom stereocenters. The van der Waals surface area contributed by atoms with Gasteiger partial charge in [-0.2, -0.15) is 0 Å². The maximum atomic E-state index is 14.2. The van der Waals surface area contributed by atoms with E-state index in [2.05, 4.69) is 10.6 Å². The summed E-state index contributed by atoms with van der Waals surface area (Å²) < 4.78 is 38.3. The summed E-state index contributed by atoms with van der Waals surface area (Å²) in [5, 5.41) is 4.80. The van der Waals surface area contributed by atoms with Gasteiger partial charge in [-0.1, -0.05) is 6.07 Å². The highest BCUT2D eigenvalue weighted by molar-refractivity contribution is 6.05. The van der Waals surface area contributed by atoms with Crippen molar-refractivity contribution in [3.05, 3.63) is 58.7 Å². The van der Waals surface area contributed by atoms with Gasteiger partial charge in [-0.3, -0.25) is 9.59 Å². The average molecular weight is 433 g/mol. The second kappa shape index (κ2) is 9.41. The van der Waals surface area contributed by atoms with Gasteiger partial charge in [-0.25, -0.2) is 13.6 Å². The highest BCUT2D eigenvalue weighted by Gasteiger charge is 2.22. The van der Waals surface area contributed by atoms with Crippen LogP contribution >= 0.6 is 0 Å². The van der Waals surface area contributed by atoms with Gasteiger partial charge in [0.25, 0.3) is 11.8 Å². The van der Waals surface area contributed by atoms with Crippen LogP contribution in [0.5, 0.6) is 5.75 Å². The molecule has 10 heteroatoms. The predicted molar refractivity (Wildman–Crippen MR) is 107 cm³/mol. The molecule has 2 N–H and O–H groups in total. The Balaban J connectivity index is 1.70. The van der Waals surface area contributed by atoms with Crippen molar-refractivity contribution in [3.63, 3.8) is 0 Å². The van der Waals surface area contributed by atoms with E-state index in [0.29, 0.717) is 18.4 Å². The van der Waals surface area contributed by atoms with E-state index >= 15 is 0 Å². The molecule has 0 radical (unpaired) electrons. The molecular weight excluding hydrogens is 412 g/mol. The van der Waals surface area contributed by atoms with Crippen LogP contribution in [0, 0.1) is 18.6 Å². The molecule has 2 aromatic carbocycles. The standard InChI is InChI=1S/C21H21F2N3O5/c1-12-3-4-13(9-18(12)30-2)19(27)25-17-10-14(15(22)11-16(17)23)20(28)24-5-6-26-7-8-31-21(26)29/h3-4,9-11H,5-8H2,1-2H3,(H,24,28)(H,25,27). The molecular formula is C21H21F2N3O5. The Bertz CT molecular complexity index is 1030. The van der Waals surface area contributed by atoms with E-state index in [0.717, 1.165) is 11.6 Å². The zero-order valence-electron chi connectivity index (χ0n) is 17.0. The van der Waals surface area contributed by atoms with Crippen LogP contribution in [0.15, 0.2) is 30.3 Å². The van der Waals surface area contributed by atoms with Gasteiger partial charge in [0.15, 0.2) is 0 Å². The van der Waals surface area contributed by atoms with Crippen LogP contribution in [0.25, 0.3) is 0 Å². The van der Waals surface area contributed by atoms with Gasteiger partial charge in [0.2, 0.25) is 0 Å². The third-order valence-corrected chi connectivity index (χ3v) is 4.73. The minimum absolute atomic E-state index is 0.0512. The molecule has 1 heterocycles. The van der Waals surface area contributed by atoms with Crippen LogP contribution in [-0.2, 0) is 4.74 Å². The molecule has 1 saturated heterocycles. The Morgan fingerprint density at radius 2 is 1.94 bits per heavy atom. The first-order valence-electron chi connectivity index (χ1n) is 9.45. The number of benzene rings is 2. The van der Waals surface area contributed by atoms with E-state index in [-0.39, 0.29) is 30.9 Å². The smallest absolute Gasteiger partial charge is 0.409 e. The van der Waals surface area contributed by atoms with Crippen molar-refractivity contribution in [1.82, 2.24) is 10.2 Å². The fourth-order valence-electron chi connectivity index (χ4n) is 3.00. The van der Waals surface area contributed by atoms with Crippen LogP contribution in [0.3, 0.4) is 0 Å². The summed E-state index contributed by atoms with van der Waals surface area (Å²) in [6.07, 6.45) is -0.486. The van der Waals surface area contributed by atoms with Gasteiger partial charge >= 0.3 is 6.09 Å². The van der Waals surface area contributed by atoms with Crippen LogP contribution in [0.4, 0.5) is 19.3 Å². The van der Waals surface area contributed by atoms with Crippen molar-refractivity contribution in [2.75, 3.05) is 38.7 Å². The van der Waals surface area contributed by atoms with Crippen LogP contribution in [0.1, 0.15) is 26.3 Å². The number of ether oxygens (including phenoxy) is 2. The van der Waals surface area contributed by atoms with E-state index in [4.69, 9.17) is 9.47 Å². The monoisotopic (exact) mass is 433 g/mol. The summed E-state index contributed by atoms with van der Waals surface area (Å²) in [7, 11) is 1.46. The predicted octanol–water partition coefficient (Wildman–Crippen LogP) is 2.72. The summed E-state index contributed by atoms with van der Waals surface area (Å²) in [6, 6.07) is 6.14. The molecule has 8 nitrogen and oxygen atoms in total. The molecule has 31 heavy (non-hydrogen) atoms. The van der Waals surface area contributed by atoms with Crippen molar-refractivity contribution in [1.29, 1.82) is 0 Å². The Morgan fingerprint density at radius 3 is 2.61 bits per heavy atom. The van der Waals surface area contributed by atoms with Gasteiger partial charge in [0.1, 0.15) is 24.0 Å². The number of halogens is 2. The molecule has 0 saturated carbocycles. The first kappa shape index (κ1) is 22.0. The summed E-state index contributed by atoms with van der Waals surface area (Å²) in [5.41, 5.74) is 0.226. The number of hydrogen-bond donors (Lipinski definition) is 2. The quantitative estimate of drug-likeness (QED) is 0.700. The normalized spacial score (nSPS) is 13.0. The number of amides is 3. The zero-order valence-corrected chi connectivity index (χ0v) is 17.0. The number of carbonyl (C=O) groups is 3.